The first-order valence-electron chi connectivity index (χ1n) is 7.45. The average Bonchev–Trinajstić information content (AvgIpc) is 2.47. The lowest BCUT2D eigenvalue weighted by Crippen LogP contribution is -2.44. The molecule has 0 aromatic heterocycles. The summed E-state index contributed by atoms with van der Waals surface area (Å²) in [4.78, 5) is 14.9. The summed E-state index contributed by atoms with van der Waals surface area (Å²) in [5, 5.41) is 3.43. The molecule has 1 aromatic rings. The molecule has 1 heterocycles. The Hall–Kier alpha value is -0.140. The SMILES string of the molecule is CC(C)N(CC1CCCNC1)C(=O)c1cc(I)ccc1Br. The highest BCUT2D eigenvalue weighted by atomic mass is 127. The molecule has 1 saturated heterocycles. The molecule has 5 heteroatoms. The fourth-order valence-electron chi connectivity index (χ4n) is 2.70. The number of amides is 1. The zero-order valence-electron chi connectivity index (χ0n) is 12.5. The van der Waals surface area contributed by atoms with E-state index >= 15 is 0 Å². The van der Waals surface area contributed by atoms with Crippen molar-refractivity contribution in [2.75, 3.05) is 19.6 Å². The van der Waals surface area contributed by atoms with Gasteiger partial charge in [0.1, 0.15) is 0 Å². The Balaban J connectivity index is 2.16. The monoisotopic (exact) mass is 464 g/mol. The lowest BCUT2D eigenvalue weighted by Gasteiger charge is -2.33. The molecule has 21 heavy (non-hydrogen) atoms. The lowest BCUT2D eigenvalue weighted by molar-refractivity contribution is 0.0660. The standard InChI is InChI=1S/C16H22BrIN2O/c1-11(2)20(10-12-4-3-7-19-9-12)16(21)14-8-13(18)5-6-15(14)17/h5-6,8,11-12,19H,3-4,7,9-10H2,1-2H3. The third-order valence-corrected chi connectivity index (χ3v) is 5.26. The molecule has 0 saturated carbocycles. The van der Waals surface area contributed by atoms with Gasteiger partial charge in [0.05, 0.1) is 5.56 Å². The second-order valence-electron chi connectivity index (χ2n) is 5.89. The number of carbonyl (C=O) groups is 1. The highest BCUT2D eigenvalue weighted by Gasteiger charge is 2.25. The van der Waals surface area contributed by atoms with Gasteiger partial charge in [-0.05, 0) is 102 Å². The fraction of sp³-hybridized carbons (Fsp3) is 0.562. The van der Waals surface area contributed by atoms with Crippen LogP contribution in [0.25, 0.3) is 0 Å². The molecule has 1 N–H and O–H groups in total. The summed E-state index contributed by atoms with van der Waals surface area (Å²) in [6, 6.07) is 6.13. The second-order valence-corrected chi connectivity index (χ2v) is 7.99. The van der Waals surface area contributed by atoms with Crippen molar-refractivity contribution in [3.8, 4) is 0 Å². The first kappa shape index (κ1) is 17.2. The van der Waals surface area contributed by atoms with E-state index in [1.807, 2.05) is 23.1 Å². The summed E-state index contributed by atoms with van der Waals surface area (Å²) < 4.78 is 1.96. The molecule has 2 rings (SSSR count). The molecule has 0 aliphatic carbocycles. The van der Waals surface area contributed by atoms with E-state index in [4.69, 9.17) is 0 Å². The van der Waals surface area contributed by atoms with E-state index in [-0.39, 0.29) is 11.9 Å². The van der Waals surface area contributed by atoms with Crippen molar-refractivity contribution in [3.05, 3.63) is 31.8 Å². The number of nitrogens with zero attached hydrogens (tertiary/aromatic N) is 1. The Morgan fingerprint density at radius 2 is 2.29 bits per heavy atom. The van der Waals surface area contributed by atoms with Crippen LogP contribution in [0.3, 0.4) is 0 Å². The summed E-state index contributed by atoms with van der Waals surface area (Å²) in [5.74, 6) is 0.688. The van der Waals surface area contributed by atoms with Crippen LogP contribution < -0.4 is 5.32 Å². The van der Waals surface area contributed by atoms with Crippen molar-refractivity contribution >= 4 is 44.4 Å². The highest BCUT2D eigenvalue weighted by Crippen LogP contribution is 2.23. The van der Waals surface area contributed by atoms with E-state index in [0.29, 0.717) is 5.92 Å². The van der Waals surface area contributed by atoms with Gasteiger partial charge in [-0.2, -0.15) is 0 Å². The van der Waals surface area contributed by atoms with Crippen LogP contribution in [0.15, 0.2) is 22.7 Å². The van der Waals surface area contributed by atoms with Gasteiger partial charge in [0.15, 0.2) is 0 Å². The number of benzene rings is 1. The van der Waals surface area contributed by atoms with E-state index in [1.165, 1.54) is 12.8 Å². The summed E-state index contributed by atoms with van der Waals surface area (Å²) in [5.41, 5.74) is 0.763. The van der Waals surface area contributed by atoms with Crippen LogP contribution in [-0.2, 0) is 0 Å². The molecule has 1 atom stereocenters. The van der Waals surface area contributed by atoms with Crippen molar-refractivity contribution in [1.29, 1.82) is 0 Å². The van der Waals surface area contributed by atoms with Crippen molar-refractivity contribution in [2.45, 2.75) is 32.7 Å². The topological polar surface area (TPSA) is 32.3 Å². The molecule has 116 valence electrons. The van der Waals surface area contributed by atoms with Crippen LogP contribution in [0.2, 0.25) is 0 Å². The average molecular weight is 465 g/mol. The van der Waals surface area contributed by atoms with E-state index in [2.05, 4.69) is 57.7 Å². The van der Waals surface area contributed by atoms with Crippen LogP contribution in [-0.4, -0.2) is 36.5 Å². The zero-order chi connectivity index (χ0) is 15.4. The van der Waals surface area contributed by atoms with Crippen LogP contribution in [0.5, 0.6) is 0 Å². The van der Waals surface area contributed by atoms with Crippen molar-refractivity contribution in [2.24, 2.45) is 5.92 Å². The summed E-state index contributed by atoms with van der Waals surface area (Å²) in [6.45, 7) is 7.14. The van der Waals surface area contributed by atoms with Gasteiger partial charge in [0.2, 0.25) is 0 Å². The van der Waals surface area contributed by atoms with E-state index < -0.39 is 0 Å². The molecule has 1 aromatic carbocycles. The molecule has 1 aliphatic heterocycles. The maximum absolute atomic E-state index is 12.9. The lowest BCUT2D eigenvalue weighted by atomic mass is 9.98. The van der Waals surface area contributed by atoms with Gasteiger partial charge in [-0.15, -0.1) is 0 Å². The Labute approximate surface area is 149 Å². The third kappa shape index (κ3) is 4.66. The fourth-order valence-corrected chi connectivity index (χ4v) is 3.61. The number of carbonyl (C=O) groups excluding carboxylic acids is 1. The Kier molecular flexibility index (Phi) is 6.50. The number of nitrogens with one attached hydrogen (secondary N) is 1. The van der Waals surface area contributed by atoms with E-state index in [9.17, 15) is 4.79 Å². The van der Waals surface area contributed by atoms with Gasteiger partial charge in [-0.3, -0.25) is 4.79 Å². The van der Waals surface area contributed by atoms with Crippen LogP contribution >= 0.6 is 38.5 Å². The molecule has 1 aliphatic rings. The van der Waals surface area contributed by atoms with Gasteiger partial charge in [0, 0.05) is 20.6 Å². The smallest absolute Gasteiger partial charge is 0.255 e. The molecule has 0 bridgehead atoms. The largest absolute Gasteiger partial charge is 0.336 e. The summed E-state index contributed by atoms with van der Waals surface area (Å²) in [7, 11) is 0. The van der Waals surface area contributed by atoms with E-state index in [0.717, 1.165) is 33.2 Å². The molecular formula is C16H22BrIN2O. The molecule has 1 amide bonds. The van der Waals surface area contributed by atoms with Gasteiger partial charge in [0.25, 0.3) is 5.91 Å². The Bertz CT molecular complexity index is 501. The highest BCUT2D eigenvalue weighted by molar-refractivity contribution is 14.1. The number of hydrogen-bond acceptors (Lipinski definition) is 2. The van der Waals surface area contributed by atoms with Gasteiger partial charge < -0.3 is 10.2 Å². The Morgan fingerprint density at radius 1 is 1.52 bits per heavy atom. The quantitative estimate of drug-likeness (QED) is 0.685. The number of halogens is 2. The van der Waals surface area contributed by atoms with Gasteiger partial charge in [-0.25, -0.2) is 0 Å². The maximum atomic E-state index is 12.9. The minimum atomic E-state index is 0.126. The number of piperidine rings is 1. The van der Waals surface area contributed by atoms with Crippen molar-refractivity contribution < 1.29 is 4.79 Å². The minimum absolute atomic E-state index is 0.126. The molecular weight excluding hydrogens is 443 g/mol. The van der Waals surface area contributed by atoms with Crippen LogP contribution in [0.4, 0.5) is 0 Å². The van der Waals surface area contributed by atoms with Crippen molar-refractivity contribution in [1.82, 2.24) is 10.2 Å². The summed E-state index contributed by atoms with van der Waals surface area (Å²) >= 11 is 5.76. The van der Waals surface area contributed by atoms with Gasteiger partial charge >= 0.3 is 0 Å². The van der Waals surface area contributed by atoms with Crippen LogP contribution in [0.1, 0.15) is 37.0 Å². The Morgan fingerprint density at radius 3 is 2.90 bits per heavy atom. The normalized spacial score (nSPS) is 18.8. The molecule has 1 fully saturated rings. The summed E-state index contributed by atoms with van der Waals surface area (Å²) in [6.07, 6.45) is 2.41. The molecule has 0 radical (unpaired) electrons. The van der Waals surface area contributed by atoms with E-state index in [1.54, 1.807) is 0 Å². The zero-order valence-corrected chi connectivity index (χ0v) is 16.3. The predicted molar refractivity (Wildman–Crippen MR) is 98.6 cm³/mol. The predicted octanol–water partition coefficient (Wildman–Crippen LogP) is 3.90. The van der Waals surface area contributed by atoms with Crippen molar-refractivity contribution in [3.63, 3.8) is 0 Å². The minimum Gasteiger partial charge on any atom is -0.336 e. The number of rotatable bonds is 4. The van der Waals surface area contributed by atoms with Crippen LogP contribution in [0, 0.1) is 9.49 Å². The second kappa shape index (κ2) is 7.92. The molecule has 1 unspecified atom stereocenters. The number of hydrogen-bond donors (Lipinski definition) is 1. The maximum Gasteiger partial charge on any atom is 0.255 e. The molecule has 3 nitrogen and oxygen atoms in total. The third-order valence-electron chi connectivity index (χ3n) is 3.90. The first-order chi connectivity index (χ1) is 9.99. The first-order valence-corrected chi connectivity index (χ1v) is 9.33. The van der Waals surface area contributed by atoms with Gasteiger partial charge in [-0.1, -0.05) is 0 Å². The molecule has 0 spiro atoms.